The minimum absolute atomic E-state index is 0.252. The maximum atomic E-state index is 11.3. The molecule has 0 bridgehead atoms. The predicted molar refractivity (Wildman–Crippen MR) is 112 cm³/mol. The number of hydrogen-bond donors (Lipinski definition) is 0. The van der Waals surface area contributed by atoms with E-state index in [2.05, 4.69) is 27.7 Å². The lowest BCUT2D eigenvalue weighted by atomic mass is 10.1. The third kappa shape index (κ3) is 11.0. The average Bonchev–Trinajstić information content (AvgIpc) is 2.68. The Morgan fingerprint density at radius 2 is 1.62 bits per heavy atom. The molecule has 1 aromatic rings. The summed E-state index contributed by atoms with van der Waals surface area (Å²) in [5, 5.41) is 0. The fourth-order valence-electron chi connectivity index (χ4n) is 2.34. The molecule has 0 saturated carbocycles. The van der Waals surface area contributed by atoms with Gasteiger partial charge < -0.3 is 14.4 Å². The Balaban J connectivity index is 0. The van der Waals surface area contributed by atoms with Crippen LogP contribution in [0.25, 0.3) is 0 Å². The van der Waals surface area contributed by atoms with Crippen molar-refractivity contribution in [2.24, 2.45) is 0 Å². The van der Waals surface area contributed by atoms with Gasteiger partial charge in [-0.15, -0.1) is 0 Å². The van der Waals surface area contributed by atoms with Crippen molar-refractivity contribution in [3.8, 4) is 11.5 Å². The van der Waals surface area contributed by atoms with Crippen LogP contribution in [-0.4, -0.2) is 31.6 Å². The van der Waals surface area contributed by atoms with Crippen molar-refractivity contribution in [3.05, 3.63) is 23.8 Å². The highest BCUT2D eigenvalue weighted by Gasteiger charge is 2.13. The molecular formula is C22H41NO3. The largest absolute Gasteiger partial charge is 0.493 e. The Kier molecular flexibility index (Phi) is 18.5. The van der Waals surface area contributed by atoms with Crippen molar-refractivity contribution in [1.29, 1.82) is 0 Å². The molecule has 0 fully saturated rings. The molecule has 152 valence electrons. The summed E-state index contributed by atoms with van der Waals surface area (Å²) < 4.78 is 10.5. The van der Waals surface area contributed by atoms with Crippen LogP contribution >= 0.6 is 0 Å². The van der Waals surface area contributed by atoms with Gasteiger partial charge in [0.2, 0.25) is 6.41 Å². The van der Waals surface area contributed by atoms with Crippen LogP contribution < -0.4 is 9.47 Å². The van der Waals surface area contributed by atoms with E-state index in [0.717, 1.165) is 24.8 Å². The molecule has 0 aliphatic carbocycles. The molecule has 0 spiro atoms. The number of benzene rings is 1. The second-order valence-electron chi connectivity index (χ2n) is 6.02. The van der Waals surface area contributed by atoms with E-state index in [-0.39, 0.29) is 6.04 Å². The maximum Gasteiger partial charge on any atom is 0.210 e. The molecule has 1 atom stereocenters. The van der Waals surface area contributed by atoms with Crippen LogP contribution in [0.5, 0.6) is 11.5 Å². The summed E-state index contributed by atoms with van der Waals surface area (Å²) in [6.45, 7) is 13.1. The fourth-order valence-corrected chi connectivity index (χ4v) is 2.34. The molecule has 1 unspecified atom stereocenters. The summed E-state index contributed by atoms with van der Waals surface area (Å²) >= 11 is 0. The van der Waals surface area contributed by atoms with E-state index in [1.165, 1.54) is 19.3 Å². The van der Waals surface area contributed by atoms with E-state index < -0.39 is 0 Å². The van der Waals surface area contributed by atoms with Gasteiger partial charge in [0.25, 0.3) is 0 Å². The Labute approximate surface area is 161 Å². The third-order valence-corrected chi connectivity index (χ3v) is 3.74. The molecule has 0 heterocycles. The Morgan fingerprint density at radius 1 is 1.04 bits per heavy atom. The van der Waals surface area contributed by atoms with Gasteiger partial charge in [0, 0.05) is 12.6 Å². The highest BCUT2D eigenvalue weighted by molar-refractivity contribution is 5.49. The lowest BCUT2D eigenvalue weighted by molar-refractivity contribution is -0.120. The van der Waals surface area contributed by atoms with Gasteiger partial charge >= 0.3 is 0 Å². The monoisotopic (exact) mass is 367 g/mol. The van der Waals surface area contributed by atoms with Gasteiger partial charge in [-0.2, -0.15) is 0 Å². The van der Waals surface area contributed by atoms with Crippen molar-refractivity contribution < 1.29 is 14.3 Å². The number of carbonyl (C=O) groups is 1. The number of amides is 1. The summed E-state index contributed by atoms with van der Waals surface area (Å²) in [6, 6.07) is 6.02. The van der Waals surface area contributed by atoms with E-state index in [0.29, 0.717) is 18.0 Å². The molecular weight excluding hydrogens is 326 g/mol. The van der Waals surface area contributed by atoms with Crippen LogP contribution in [0.2, 0.25) is 0 Å². The van der Waals surface area contributed by atoms with Crippen molar-refractivity contribution in [3.63, 3.8) is 0 Å². The number of hydrogen-bond acceptors (Lipinski definition) is 3. The van der Waals surface area contributed by atoms with E-state index >= 15 is 0 Å². The van der Waals surface area contributed by atoms with E-state index in [1.54, 1.807) is 14.2 Å². The van der Waals surface area contributed by atoms with Crippen LogP contribution in [-0.2, 0) is 11.3 Å². The van der Waals surface area contributed by atoms with Gasteiger partial charge in [0.15, 0.2) is 11.5 Å². The Hall–Kier alpha value is -1.71. The zero-order valence-electron chi connectivity index (χ0n) is 18.3. The number of carbonyl (C=O) groups excluding carboxylic acids is 1. The highest BCUT2D eigenvalue weighted by atomic mass is 16.5. The zero-order valence-corrected chi connectivity index (χ0v) is 18.3. The molecule has 0 N–H and O–H groups in total. The van der Waals surface area contributed by atoms with Gasteiger partial charge in [-0.3, -0.25) is 4.79 Å². The van der Waals surface area contributed by atoms with Crippen LogP contribution in [0.3, 0.4) is 0 Å². The summed E-state index contributed by atoms with van der Waals surface area (Å²) in [6.07, 6.45) is 6.80. The lowest BCUT2D eigenvalue weighted by Crippen LogP contribution is -2.31. The zero-order chi connectivity index (χ0) is 20.4. The molecule has 0 saturated heterocycles. The summed E-state index contributed by atoms with van der Waals surface area (Å²) in [4.78, 5) is 13.2. The molecule has 26 heavy (non-hydrogen) atoms. The van der Waals surface area contributed by atoms with Gasteiger partial charge in [-0.1, -0.05) is 66.4 Å². The normalized spacial score (nSPS) is 10.5. The summed E-state index contributed by atoms with van der Waals surface area (Å²) in [7, 11) is 3.23. The lowest BCUT2D eigenvalue weighted by Gasteiger charge is -2.25. The molecule has 4 nitrogen and oxygen atoms in total. The number of unbranched alkanes of at least 4 members (excludes halogenated alkanes) is 2. The van der Waals surface area contributed by atoms with Crippen LogP contribution in [0.1, 0.15) is 79.2 Å². The quantitative estimate of drug-likeness (QED) is 0.372. The van der Waals surface area contributed by atoms with Crippen LogP contribution in [0, 0.1) is 0 Å². The Bertz CT molecular complexity index is 449. The second-order valence-corrected chi connectivity index (χ2v) is 6.02. The van der Waals surface area contributed by atoms with E-state index in [4.69, 9.17) is 9.47 Å². The van der Waals surface area contributed by atoms with Crippen LogP contribution in [0.4, 0.5) is 0 Å². The van der Waals surface area contributed by atoms with Crippen molar-refractivity contribution >= 4 is 6.41 Å². The molecule has 1 rings (SSSR count). The summed E-state index contributed by atoms with van der Waals surface area (Å²) in [5.41, 5.74) is 1.04. The topological polar surface area (TPSA) is 38.8 Å². The van der Waals surface area contributed by atoms with E-state index in [9.17, 15) is 4.79 Å². The minimum Gasteiger partial charge on any atom is -0.493 e. The molecule has 0 aliphatic rings. The second kappa shape index (κ2) is 18.1. The summed E-state index contributed by atoms with van der Waals surface area (Å²) in [5.74, 6) is 1.40. The first kappa shape index (κ1) is 26.5. The molecule has 1 amide bonds. The molecule has 4 heteroatoms. The van der Waals surface area contributed by atoms with Gasteiger partial charge in [-0.25, -0.2) is 0 Å². The van der Waals surface area contributed by atoms with Gasteiger partial charge in [0.1, 0.15) is 0 Å². The maximum absolute atomic E-state index is 11.3. The van der Waals surface area contributed by atoms with Gasteiger partial charge in [0.05, 0.1) is 14.2 Å². The molecule has 1 aromatic carbocycles. The first-order chi connectivity index (χ1) is 12.6. The SMILES string of the molecule is CC.CCC.CCCCCC(C)N(C=O)Cc1ccc(OC)c(OC)c1. The number of ether oxygens (including phenoxy) is 2. The number of methoxy groups -OCH3 is 2. The van der Waals surface area contributed by atoms with Crippen molar-refractivity contribution in [1.82, 2.24) is 4.90 Å². The average molecular weight is 368 g/mol. The van der Waals surface area contributed by atoms with E-state index in [1.807, 2.05) is 36.9 Å². The molecule has 0 aliphatic heterocycles. The van der Waals surface area contributed by atoms with Crippen molar-refractivity contribution in [2.45, 2.75) is 86.2 Å². The molecule has 0 aromatic heterocycles. The van der Waals surface area contributed by atoms with Crippen molar-refractivity contribution in [2.75, 3.05) is 14.2 Å². The smallest absolute Gasteiger partial charge is 0.210 e. The number of rotatable bonds is 10. The highest BCUT2D eigenvalue weighted by Crippen LogP contribution is 2.28. The Morgan fingerprint density at radius 3 is 2.08 bits per heavy atom. The third-order valence-electron chi connectivity index (χ3n) is 3.74. The fraction of sp³-hybridized carbons (Fsp3) is 0.682. The standard InChI is InChI=1S/C17H27NO3.C3H8.C2H6/c1-5-6-7-8-14(2)18(13-19)12-15-9-10-16(20-3)17(11-15)21-4;1-3-2;1-2/h9-11,13-14H,5-8,12H2,1-4H3;3H2,1-2H3;1-2H3. The first-order valence-corrected chi connectivity index (χ1v) is 9.99. The van der Waals surface area contributed by atoms with Gasteiger partial charge in [-0.05, 0) is 31.0 Å². The predicted octanol–water partition coefficient (Wildman–Crippen LogP) is 6.07. The first-order valence-electron chi connectivity index (χ1n) is 9.99. The molecule has 0 radical (unpaired) electrons. The van der Waals surface area contributed by atoms with Crippen LogP contribution in [0.15, 0.2) is 18.2 Å². The minimum atomic E-state index is 0.252. The number of nitrogens with zero attached hydrogens (tertiary/aromatic N) is 1.